The average Bonchev–Trinajstić information content (AvgIpc) is 2.60. The Balaban J connectivity index is 1.93. The van der Waals surface area contributed by atoms with E-state index in [1.54, 1.807) is 42.5 Å². The van der Waals surface area contributed by atoms with Gasteiger partial charge in [-0.25, -0.2) is 4.98 Å². The van der Waals surface area contributed by atoms with E-state index in [9.17, 15) is 9.59 Å². The lowest BCUT2D eigenvalue weighted by atomic mass is 10.1. The van der Waals surface area contributed by atoms with E-state index in [0.717, 1.165) is 0 Å². The molecule has 1 aromatic heterocycles. The standard InChI is InChI=1S/C18H16ClN3O2/c1-2-16(17(23)21-13-9-7-12(19)8-10-13)22-11-20-15-6-4-3-5-14(15)18(22)24/h3-11,16H,2H2,1H3,(H,21,23)/t16-/m0/s1. The van der Waals surface area contributed by atoms with Crippen LogP contribution in [0.4, 0.5) is 5.69 Å². The van der Waals surface area contributed by atoms with Crippen LogP contribution in [0.1, 0.15) is 19.4 Å². The Hall–Kier alpha value is -2.66. The summed E-state index contributed by atoms with van der Waals surface area (Å²) in [4.78, 5) is 29.5. The van der Waals surface area contributed by atoms with Crippen molar-refractivity contribution < 1.29 is 4.79 Å². The molecule has 5 nitrogen and oxygen atoms in total. The Kier molecular flexibility index (Phi) is 4.62. The maximum absolute atomic E-state index is 12.7. The third-order valence-electron chi connectivity index (χ3n) is 3.83. The highest BCUT2D eigenvalue weighted by Gasteiger charge is 2.20. The van der Waals surface area contributed by atoms with E-state index in [0.29, 0.717) is 28.0 Å². The molecule has 6 heteroatoms. The number of halogens is 1. The number of carbonyl (C=O) groups excluding carboxylic acids is 1. The van der Waals surface area contributed by atoms with Crippen LogP contribution in [-0.4, -0.2) is 15.5 Å². The fourth-order valence-electron chi connectivity index (χ4n) is 2.57. The molecule has 0 fully saturated rings. The summed E-state index contributed by atoms with van der Waals surface area (Å²) in [7, 11) is 0. The van der Waals surface area contributed by atoms with Crippen molar-refractivity contribution in [3.63, 3.8) is 0 Å². The van der Waals surface area contributed by atoms with Gasteiger partial charge in [0.1, 0.15) is 6.04 Å². The minimum Gasteiger partial charge on any atom is -0.324 e. The number of hydrogen-bond donors (Lipinski definition) is 1. The Morgan fingerprint density at radius 2 is 1.92 bits per heavy atom. The molecule has 0 aliphatic carbocycles. The van der Waals surface area contributed by atoms with Gasteiger partial charge in [-0.3, -0.25) is 14.2 Å². The predicted octanol–water partition coefficient (Wildman–Crippen LogP) is 3.64. The summed E-state index contributed by atoms with van der Waals surface area (Å²) < 4.78 is 1.38. The zero-order chi connectivity index (χ0) is 17.1. The number of para-hydroxylation sites is 1. The minimum atomic E-state index is -0.634. The van der Waals surface area contributed by atoms with Crippen molar-refractivity contribution in [1.29, 1.82) is 0 Å². The SMILES string of the molecule is CC[C@@H](C(=O)Nc1ccc(Cl)cc1)n1cnc2ccccc2c1=O. The van der Waals surface area contributed by atoms with Crippen LogP contribution in [0.15, 0.2) is 59.7 Å². The molecule has 0 aliphatic rings. The number of nitrogens with one attached hydrogen (secondary N) is 1. The second-order valence-electron chi connectivity index (χ2n) is 5.39. The van der Waals surface area contributed by atoms with Crippen molar-refractivity contribution in [2.75, 3.05) is 5.32 Å². The van der Waals surface area contributed by atoms with Gasteiger partial charge in [-0.15, -0.1) is 0 Å². The number of amides is 1. The molecule has 2 aromatic carbocycles. The summed E-state index contributed by atoms with van der Waals surface area (Å²) in [6, 6.07) is 13.3. The van der Waals surface area contributed by atoms with E-state index in [2.05, 4.69) is 10.3 Å². The van der Waals surface area contributed by atoms with E-state index in [4.69, 9.17) is 11.6 Å². The highest BCUT2D eigenvalue weighted by molar-refractivity contribution is 6.30. The van der Waals surface area contributed by atoms with E-state index in [1.807, 2.05) is 13.0 Å². The second-order valence-corrected chi connectivity index (χ2v) is 5.83. The first-order valence-electron chi connectivity index (χ1n) is 7.62. The largest absolute Gasteiger partial charge is 0.324 e. The molecule has 0 bridgehead atoms. The van der Waals surface area contributed by atoms with Gasteiger partial charge in [-0.2, -0.15) is 0 Å². The summed E-state index contributed by atoms with van der Waals surface area (Å²) in [5, 5.41) is 3.90. The van der Waals surface area contributed by atoms with Crippen molar-refractivity contribution in [3.05, 3.63) is 70.2 Å². The molecule has 0 radical (unpaired) electrons. The number of hydrogen-bond acceptors (Lipinski definition) is 3. The predicted molar refractivity (Wildman–Crippen MR) is 95.4 cm³/mol. The van der Waals surface area contributed by atoms with Crippen LogP contribution >= 0.6 is 11.6 Å². The first-order valence-corrected chi connectivity index (χ1v) is 8.00. The molecule has 0 saturated carbocycles. The van der Waals surface area contributed by atoms with Gasteiger partial charge >= 0.3 is 0 Å². The van der Waals surface area contributed by atoms with Crippen molar-refractivity contribution in [1.82, 2.24) is 9.55 Å². The van der Waals surface area contributed by atoms with Gasteiger partial charge in [0.25, 0.3) is 5.56 Å². The zero-order valence-electron chi connectivity index (χ0n) is 13.1. The number of nitrogens with zero attached hydrogens (tertiary/aromatic N) is 2. The molecule has 3 rings (SSSR count). The normalized spacial score (nSPS) is 12.1. The Morgan fingerprint density at radius 1 is 1.21 bits per heavy atom. The molecule has 0 aliphatic heterocycles. The van der Waals surface area contributed by atoms with Gasteiger partial charge in [-0.05, 0) is 42.8 Å². The molecule has 3 aromatic rings. The fourth-order valence-corrected chi connectivity index (χ4v) is 2.70. The van der Waals surface area contributed by atoms with Crippen molar-refractivity contribution in [2.24, 2.45) is 0 Å². The Bertz CT molecular complexity index is 935. The quantitative estimate of drug-likeness (QED) is 0.788. The third-order valence-corrected chi connectivity index (χ3v) is 4.08. The topological polar surface area (TPSA) is 64.0 Å². The number of carbonyl (C=O) groups is 1. The van der Waals surface area contributed by atoms with Crippen molar-refractivity contribution in [3.8, 4) is 0 Å². The van der Waals surface area contributed by atoms with Crippen molar-refractivity contribution in [2.45, 2.75) is 19.4 Å². The lowest BCUT2D eigenvalue weighted by molar-refractivity contribution is -0.119. The molecular formula is C18H16ClN3O2. The monoisotopic (exact) mass is 341 g/mol. The minimum absolute atomic E-state index is 0.223. The van der Waals surface area contributed by atoms with E-state index in [-0.39, 0.29) is 11.5 Å². The number of benzene rings is 2. The lowest BCUT2D eigenvalue weighted by Gasteiger charge is -2.18. The molecule has 0 spiro atoms. The molecule has 1 amide bonds. The first-order chi connectivity index (χ1) is 11.6. The zero-order valence-corrected chi connectivity index (χ0v) is 13.8. The maximum atomic E-state index is 12.7. The Morgan fingerprint density at radius 3 is 2.62 bits per heavy atom. The van der Waals surface area contributed by atoms with Gasteiger partial charge in [0, 0.05) is 10.7 Å². The molecular weight excluding hydrogens is 326 g/mol. The van der Waals surface area contributed by atoms with Gasteiger partial charge in [0.05, 0.1) is 17.2 Å². The van der Waals surface area contributed by atoms with Gasteiger partial charge in [0.15, 0.2) is 0 Å². The molecule has 1 atom stereocenters. The lowest BCUT2D eigenvalue weighted by Crippen LogP contribution is -2.33. The third kappa shape index (κ3) is 3.16. The maximum Gasteiger partial charge on any atom is 0.261 e. The molecule has 1 heterocycles. The highest BCUT2D eigenvalue weighted by atomic mass is 35.5. The van der Waals surface area contributed by atoms with Crippen LogP contribution < -0.4 is 10.9 Å². The van der Waals surface area contributed by atoms with Crippen LogP contribution in [-0.2, 0) is 4.79 Å². The summed E-state index contributed by atoms with van der Waals surface area (Å²) >= 11 is 5.84. The van der Waals surface area contributed by atoms with E-state index in [1.165, 1.54) is 10.9 Å². The number of anilines is 1. The molecule has 1 N–H and O–H groups in total. The van der Waals surface area contributed by atoms with Crippen LogP contribution in [0.2, 0.25) is 5.02 Å². The summed E-state index contributed by atoms with van der Waals surface area (Å²) in [6.45, 7) is 1.85. The van der Waals surface area contributed by atoms with Crippen molar-refractivity contribution >= 4 is 34.1 Å². The Labute approximate surface area is 143 Å². The van der Waals surface area contributed by atoms with E-state index >= 15 is 0 Å². The van der Waals surface area contributed by atoms with Crippen LogP contribution in [0.3, 0.4) is 0 Å². The van der Waals surface area contributed by atoms with E-state index < -0.39 is 6.04 Å². The first kappa shape index (κ1) is 16.2. The van der Waals surface area contributed by atoms with Gasteiger partial charge < -0.3 is 5.32 Å². The smallest absolute Gasteiger partial charge is 0.261 e. The van der Waals surface area contributed by atoms with Crippen LogP contribution in [0.5, 0.6) is 0 Å². The fraction of sp³-hybridized carbons (Fsp3) is 0.167. The van der Waals surface area contributed by atoms with Crippen LogP contribution in [0.25, 0.3) is 10.9 Å². The average molecular weight is 342 g/mol. The van der Waals surface area contributed by atoms with Gasteiger partial charge in [0.2, 0.25) is 5.91 Å². The molecule has 0 unspecified atom stereocenters. The molecule has 0 saturated heterocycles. The molecule has 122 valence electrons. The summed E-state index contributed by atoms with van der Waals surface area (Å²) in [6.07, 6.45) is 1.90. The number of rotatable bonds is 4. The highest BCUT2D eigenvalue weighted by Crippen LogP contribution is 2.17. The summed E-state index contributed by atoms with van der Waals surface area (Å²) in [5.74, 6) is -0.265. The number of aromatic nitrogens is 2. The second kappa shape index (κ2) is 6.84. The number of fused-ring (bicyclic) bond motifs is 1. The summed E-state index contributed by atoms with van der Waals surface area (Å²) in [5.41, 5.74) is 1.02. The van der Waals surface area contributed by atoms with Crippen LogP contribution in [0, 0.1) is 0 Å². The van der Waals surface area contributed by atoms with Gasteiger partial charge in [-0.1, -0.05) is 30.7 Å². The molecule has 24 heavy (non-hydrogen) atoms.